The molecule has 0 atom stereocenters. The normalized spacial score (nSPS) is 15.4. The third-order valence-corrected chi connectivity index (χ3v) is 4.39. The summed E-state index contributed by atoms with van der Waals surface area (Å²) in [5, 5.41) is 0. The fraction of sp³-hybridized carbons (Fsp3) is 0.143. The lowest BCUT2D eigenvalue weighted by Crippen LogP contribution is -2.26. The minimum Gasteiger partial charge on any atom is -0.675 e. The van der Waals surface area contributed by atoms with Crippen molar-refractivity contribution in [1.29, 1.82) is 0 Å². The standard InChI is InChI=1S/C7H6IO2Si/c8-5-11-9-6-3-1-2-4-7(6)10-11/h1-4H,5H2/q-1. The second kappa shape index (κ2) is 3.02. The molecule has 2 nitrogen and oxygen atoms in total. The van der Waals surface area contributed by atoms with Gasteiger partial charge in [-0.05, 0) is 12.1 Å². The summed E-state index contributed by atoms with van der Waals surface area (Å²) in [6.45, 7) is 0. The molecule has 1 aliphatic heterocycles. The number of fused-ring (bicyclic) bond motifs is 1. The maximum atomic E-state index is 5.53. The first-order chi connectivity index (χ1) is 5.40. The zero-order valence-electron chi connectivity index (χ0n) is 5.71. The largest absolute Gasteiger partial charge is 0.675 e. The predicted molar refractivity (Wildman–Crippen MR) is 52.3 cm³/mol. The summed E-state index contributed by atoms with van der Waals surface area (Å²) >= 11 is 2.28. The Kier molecular flexibility index (Phi) is 2.04. The van der Waals surface area contributed by atoms with Crippen LogP contribution in [0.3, 0.4) is 0 Å². The number of alkyl halides is 1. The van der Waals surface area contributed by atoms with Crippen molar-refractivity contribution >= 4 is 31.9 Å². The van der Waals surface area contributed by atoms with Gasteiger partial charge in [0.25, 0.3) is 0 Å². The van der Waals surface area contributed by atoms with Gasteiger partial charge in [0, 0.05) is 0 Å². The highest BCUT2D eigenvalue weighted by atomic mass is 127. The molecule has 0 N–H and O–H groups in total. The molecule has 11 heavy (non-hydrogen) atoms. The van der Waals surface area contributed by atoms with Crippen molar-refractivity contribution < 1.29 is 8.85 Å². The van der Waals surface area contributed by atoms with Crippen LogP contribution in [-0.4, -0.2) is 13.3 Å². The summed E-state index contributed by atoms with van der Waals surface area (Å²) in [5.41, 5.74) is 0. The van der Waals surface area contributed by atoms with Gasteiger partial charge in [0.2, 0.25) is 0 Å². The third kappa shape index (κ3) is 1.37. The van der Waals surface area contributed by atoms with E-state index in [-0.39, 0.29) is 0 Å². The van der Waals surface area contributed by atoms with Crippen LogP contribution in [0.4, 0.5) is 0 Å². The van der Waals surface area contributed by atoms with E-state index < -0.39 is 9.28 Å². The Balaban J connectivity index is 2.27. The summed E-state index contributed by atoms with van der Waals surface area (Å²) in [6.07, 6.45) is 0. The van der Waals surface area contributed by atoms with Crippen LogP contribution in [0.25, 0.3) is 0 Å². The van der Waals surface area contributed by atoms with Crippen LogP contribution in [0.2, 0.25) is 0 Å². The Morgan fingerprint density at radius 3 is 2.18 bits per heavy atom. The maximum absolute atomic E-state index is 5.53. The van der Waals surface area contributed by atoms with E-state index in [4.69, 9.17) is 8.85 Å². The molecule has 58 valence electrons. The van der Waals surface area contributed by atoms with E-state index >= 15 is 0 Å². The van der Waals surface area contributed by atoms with Gasteiger partial charge in [-0.25, -0.2) is 0 Å². The Morgan fingerprint density at radius 1 is 1.18 bits per heavy atom. The quantitative estimate of drug-likeness (QED) is 0.443. The van der Waals surface area contributed by atoms with Gasteiger partial charge >= 0.3 is 0 Å². The van der Waals surface area contributed by atoms with Crippen LogP contribution >= 0.6 is 22.6 Å². The zero-order valence-corrected chi connectivity index (χ0v) is 8.87. The molecule has 1 aliphatic rings. The van der Waals surface area contributed by atoms with Crippen molar-refractivity contribution in [1.82, 2.24) is 0 Å². The second-order valence-electron chi connectivity index (χ2n) is 2.16. The summed E-state index contributed by atoms with van der Waals surface area (Å²) in [4.78, 5) is 0. The zero-order chi connectivity index (χ0) is 7.68. The third-order valence-electron chi connectivity index (χ3n) is 1.41. The molecular weight excluding hydrogens is 271 g/mol. The Bertz CT molecular complexity index is 241. The minimum absolute atomic E-state index is 0.901. The Morgan fingerprint density at radius 2 is 1.73 bits per heavy atom. The smallest absolute Gasteiger partial charge is 0.190 e. The monoisotopic (exact) mass is 277 g/mol. The van der Waals surface area contributed by atoms with Crippen molar-refractivity contribution in [3.8, 4) is 11.5 Å². The van der Waals surface area contributed by atoms with Crippen LogP contribution < -0.4 is 8.85 Å². The number of hydrogen-bond acceptors (Lipinski definition) is 2. The van der Waals surface area contributed by atoms with Gasteiger partial charge in [0.15, 0.2) is 9.28 Å². The van der Waals surface area contributed by atoms with E-state index in [1.165, 1.54) is 0 Å². The predicted octanol–water partition coefficient (Wildman–Crippen LogP) is 1.92. The molecule has 0 unspecified atom stereocenters. The van der Waals surface area contributed by atoms with E-state index in [9.17, 15) is 0 Å². The number of halogens is 1. The molecule has 2 rings (SSSR count). The van der Waals surface area contributed by atoms with Crippen molar-refractivity contribution in [2.75, 3.05) is 4.05 Å². The number of benzene rings is 1. The lowest BCUT2D eigenvalue weighted by molar-refractivity contribution is 0.509. The SMILES string of the molecule is IC[Si-]1Oc2ccccc2O1. The van der Waals surface area contributed by atoms with Crippen molar-refractivity contribution in [2.45, 2.75) is 0 Å². The maximum Gasteiger partial charge on any atom is 0.190 e. The van der Waals surface area contributed by atoms with Crippen LogP contribution in [-0.2, 0) is 0 Å². The van der Waals surface area contributed by atoms with Crippen molar-refractivity contribution in [2.24, 2.45) is 0 Å². The average Bonchev–Trinajstić information content (AvgIpc) is 2.46. The molecule has 4 heteroatoms. The van der Waals surface area contributed by atoms with Gasteiger partial charge in [0.1, 0.15) is 11.5 Å². The fourth-order valence-electron chi connectivity index (χ4n) is 0.939. The molecule has 0 saturated carbocycles. The molecule has 0 spiro atoms. The Labute approximate surface area is 80.5 Å². The van der Waals surface area contributed by atoms with Gasteiger partial charge in [-0.3, -0.25) is 0 Å². The molecule has 0 bridgehead atoms. The highest BCUT2D eigenvalue weighted by Crippen LogP contribution is 2.32. The highest BCUT2D eigenvalue weighted by molar-refractivity contribution is 14.1. The van der Waals surface area contributed by atoms with E-state index in [1.807, 2.05) is 24.3 Å². The van der Waals surface area contributed by atoms with E-state index in [0.29, 0.717) is 0 Å². The molecule has 0 saturated heterocycles. The first-order valence-corrected chi connectivity index (χ1v) is 6.31. The summed E-state index contributed by atoms with van der Waals surface area (Å²) in [7, 11) is -1.02. The molecule has 1 aromatic rings. The van der Waals surface area contributed by atoms with Gasteiger partial charge in [-0.1, -0.05) is 16.2 Å². The van der Waals surface area contributed by atoms with Crippen LogP contribution in [0.15, 0.2) is 24.3 Å². The lowest BCUT2D eigenvalue weighted by atomic mass is 10.3. The number of rotatable bonds is 1. The summed E-state index contributed by atoms with van der Waals surface area (Å²) in [6, 6.07) is 7.80. The molecule has 0 amide bonds. The molecule has 0 fully saturated rings. The first kappa shape index (κ1) is 7.42. The number of para-hydroxylation sites is 2. The van der Waals surface area contributed by atoms with Crippen LogP contribution in [0, 0.1) is 0 Å². The molecular formula is C7H6IO2Si-. The highest BCUT2D eigenvalue weighted by Gasteiger charge is 2.12. The number of hydrogen-bond donors (Lipinski definition) is 0. The molecule has 0 radical (unpaired) electrons. The van der Waals surface area contributed by atoms with Crippen LogP contribution in [0.1, 0.15) is 0 Å². The average molecular weight is 277 g/mol. The Hall–Kier alpha value is -0.233. The summed E-state index contributed by atoms with van der Waals surface area (Å²) in [5.74, 6) is 1.80. The fourth-order valence-corrected chi connectivity index (χ4v) is 2.85. The molecule has 1 aromatic carbocycles. The van der Waals surface area contributed by atoms with Crippen molar-refractivity contribution in [3.05, 3.63) is 24.3 Å². The summed E-state index contributed by atoms with van der Waals surface area (Å²) < 4.78 is 12.0. The van der Waals surface area contributed by atoms with Gasteiger partial charge in [-0.2, -0.15) is 0 Å². The van der Waals surface area contributed by atoms with Gasteiger partial charge in [-0.15, -0.1) is 22.6 Å². The van der Waals surface area contributed by atoms with Gasteiger partial charge in [0.05, 0.1) is 0 Å². The first-order valence-electron chi connectivity index (χ1n) is 3.26. The lowest BCUT2D eigenvalue weighted by Gasteiger charge is -2.18. The molecule has 1 heterocycles. The minimum atomic E-state index is -1.02. The van der Waals surface area contributed by atoms with E-state index in [2.05, 4.69) is 22.6 Å². The van der Waals surface area contributed by atoms with E-state index in [0.717, 1.165) is 15.5 Å². The van der Waals surface area contributed by atoms with E-state index in [1.54, 1.807) is 0 Å². The van der Waals surface area contributed by atoms with Gasteiger partial charge < -0.3 is 8.85 Å². The molecule has 0 aromatic heterocycles. The molecule has 0 aliphatic carbocycles. The van der Waals surface area contributed by atoms with Crippen molar-refractivity contribution in [3.63, 3.8) is 0 Å². The second-order valence-corrected chi connectivity index (χ2v) is 5.86. The topological polar surface area (TPSA) is 18.5 Å². The van der Waals surface area contributed by atoms with Crippen LogP contribution in [0.5, 0.6) is 11.5 Å².